The van der Waals surface area contributed by atoms with Crippen LogP contribution in [0.5, 0.6) is 5.75 Å². The lowest BCUT2D eigenvalue weighted by atomic mass is 10.2. The van der Waals surface area contributed by atoms with Crippen molar-refractivity contribution in [2.75, 3.05) is 17.7 Å². The van der Waals surface area contributed by atoms with Gasteiger partial charge in [-0.3, -0.25) is 9.59 Å². The molecule has 0 atom stereocenters. The van der Waals surface area contributed by atoms with Gasteiger partial charge in [0.2, 0.25) is 5.91 Å². The maximum Gasteiger partial charge on any atom is 0.337 e. The van der Waals surface area contributed by atoms with Crippen LogP contribution in [0.4, 0.5) is 11.4 Å². The summed E-state index contributed by atoms with van der Waals surface area (Å²) < 4.78 is 10.3. The molecule has 0 radical (unpaired) electrons. The van der Waals surface area contributed by atoms with Gasteiger partial charge in [-0.1, -0.05) is 12.1 Å². The summed E-state index contributed by atoms with van der Waals surface area (Å²) in [6.45, 7) is 5.32. The highest BCUT2D eigenvalue weighted by molar-refractivity contribution is 6.10. The molecule has 2 amide bonds. The summed E-state index contributed by atoms with van der Waals surface area (Å²) >= 11 is 0. The van der Waals surface area contributed by atoms with E-state index >= 15 is 0 Å². The zero-order valence-corrected chi connectivity index (χ0v) is 16.8. The van der Waals surface area contributed by atoms with Gasteiger partial charge in [-0.15, -0.1) is 0 Å². The zero-order chi connectivity index (χ0) is 21.4. The summed E-state index contributed by atoms with van der Waals surface area (Å²) in [5, 5.41) is 5.39. The van der Waals surface area contributed by atoms with Gasteiger partial charge in [0.05, 0.1) is 24.5 Å². The molecule has 0 aliphatic heterocycles. The number of rotatable bonds is 7. The fourth-order valence-electron chi connectivity index (χ4n) is 2.39. The molecule has 0 aliphatic rings. The normalized spacial score (nSPS) is 11.0. The van der Waals surface area contributed by atoms with Gasteiger partial charge in [0, 0.05) is 17.3 Å². The highest BCUT2D eigenvalue weighted by Gasteiger charge is 2.11. The third-order valence-electron chi connectivity index (χ3n) is 3.78. The lowest BCUT2D eigenvalue weighted by Crippen LogP contribution is -2.17. The van der Waals surface area contributed by atoms with Crippen LogP contribution in [0, 0.1) is 0 Å². The monoisotopic (exact) mass is 396 g/mol. The fourth-order valence-corrected chi connectivity index (χ4v) is 2.39. The third-order valence-corrected chi connectivity index (χ3v) is 3.78. The highest BCUT2D eigenvalue weighted by Crippen LogP contribution is 2.25. The van der Waals surface area contributed by atoms with Gasteiger partial charge in [-0.25, -0.2) is 4.79 Å². The number of nitrogens with one attached hydrogen (secondary N) is 2. The van der Waals surface area contributed by atoms with Crippen LogP contribution in [0.2, 0.25) is 0 Å². The molecule has 7 heteroatoms. The van der Waals surface area contributed by atoms with E-state index in [9.17, 15) is 14.4 Å². The second-order valence-electron chi connectivity index (χ2n) is 6.50. The van der Waals surface area contributed by atoms with Crippen LogP contribution < -0.4 is 15.4 Å². The Labute approximate surface area is 169 Å². The number of benzene rings is 2. The van der Waals surface area contributed by atoms with Gasteiger partial charge in [-0.05, 0) is 57.2 Å². The number of methoxy groups -OCH3 is 1. The maximum absolute atomic E-state index is 12.3. The van der Waals surface area contributed by atoms with Gasteiger partial charge < -0.3 is 20.1 Å². The van der Waals surface area contributed by atoms with Crippen molar-refractivity contribution >= 4 is 29.2 Å². The van der Waals surface area contributed by atoms with E-state index in [1.165, 1.54) is 20.1 Å². The Morgan fingerprint density at radius 2 is 1.62 bits per heavy atom. The number of amides is 2. The molecular formula is C22H24N2O5. The Kier molecular flexibility index (Phi) is 7.54. The van der Waals surface area contributed by atoms with Crippen molar-refractivity contribution in [1.82, 2.24) is 0 Å². The molecule has 0 heterocycles. The number of para-hydroxylation sites is 2. The van der Waals surface area contributed by atoms with E-state index < -0.39 is 17.8 Å². The van der Waals surface area contributed by atoms with E-state index in [0.29, 0.717) is 22.7 Å². The Balaban J connectivity index is 2.02. The maximum atomic E-state index is 12.3. The average molecular weight is 396 g/mol. The molecule has 2 N–H and O–H groups in total. The van der Waals surface area contributed by atoms with Crippen molar-refractivity contribution in [2.24, 2.45) is 0 Å². The first kappa shape index (κ1) is 21.7. The minimum atomic E-state index is -0.461. The van der Waals surface area contributed by atoms with Crippen LogP contribution in [0.25, 0.3) is 0 Å². The molecular weight excluding hydrogens is 372 g/mol. The number of anilines is 2. The summed E-state index contributed by atoms with van der Waals surface area (Å²) in [4.78, 5) is 36.0. The number of esters is 1. The number of hydrogen-bond acceptors (Lipinski definition) is 5. The molecule has 0 unspecified atom stereocenters. The molecule has 0 aliphatic carbocycles. The van der Waals surface area contributed by atoms with Gasteiger partial charge in [0.25, 0.3) is 5.91 Å². The number of ether oxygens (including phenoxy) is 2. The standard InChI is InChI=1S/C22H24N2O5/c1-14(2)29-19-8-6-5-7-18(19)24-20(25)13-15(3)21(26)23-17-11-9-16(10-12-17)22(27)28-4/h5-14H,1-4H3,(H,23,26)(H,24,25)/b15-13+. The van der Waals surface area contributed by atoms with E-state index in [4.69, 9.17) is 4.74 Å². The highest BCUT2D eigenvalue weighted by atomic mass is 16.5. The Hall–Kier alpha value is -3.61. The number of carbonyl (C=O) groups is 3. The quantitative estimate of drug-likeness (QED) is 0.549. The Morgan fingerprint density at radius 1 is 0.966 bits per heavy atom. The number of carbonyl (C=O) groups excluding carboxylic acids is 3. The molecule has 0 aromatic heterocycles. The van der Waals surface area contributed by atoms with E-state index in [-0.39, 0.29) is 11.7 Å². The molecule has 2 aromatic rings. The first-order valence-electron chi connectivity index (χ1n) is 9.05. The molecule has 0 bridgehead atoms. The van der Waals surface area contributed by atoms with Gasteiger partial charge in [-0.2, -0.15) is 0 Å². The van der Waals surface area contributed by atoms with Crippen LogP contribution in [0.3, 0.4) is 0 Å². The lowest BCUT2D eigenvalue weighted by Gasteiger charge is -2.14. The van der Waals surface area contributed by atoms with Gasteiger partial charge in [0.1, 0.15) is 5.75 Å². The fraction of sp³-hybridized carbons (Fsp3) is 0.227. The van der Waals surface area contributed by atoms with Crippen molar-refractivity contribution in [3.05, 3.63) is 65.7 Å². The molecule has 0 saturated heterocycles. The Bertz CT molecular complexity index is 917. The van der Waals surface area contributed by atoms with E-state index in [2.05, 4.69) is 15.4 Å². The lowest BCUT2D eigenvalue weighted by molar-refractivity contribution is -0.114. The molecule has 0 spiro atoms. The smallest absolute Gasteiger partial charge is 0.337 e. The first-order chi connectivity index (χ1) is 13.8. The van der Waals surface area contributed by atoms with E-state index in [1.807, 2.05) is 19.9 Å². The molecule has 2 aromatic carbocycles. The molecule has 152 valence electrons. The third kappa shape index (κ3) is 6.49. The SMILES string of the molecule is COC(=O)c1ccc(NC(=O)/C(C)=C/C(=O)Nc2ccccc2OC(C)C)cc1. The van der Waals surface area contributed by atoms with Crippen molar-refractivity contribution in [2.45, 2.75) is 26.9 Å². The van der Waals surface area contributed by atoms with Crippen LogP contribution in [0.1, 0.15) is 31.1 Å². The molecule has 29 heavy (non-hydrogen) atoms. The zero-order valence-electron chi connectivity index (χ0n) is 16.8. The summed E-state index contributed by atoms with van der Waals surface area (Å²) in [6.07, 6.45) is 1.17. The topological polar surface area (TPSA) is 93.7 Å². The minimum absolute atomic E-state index is 0.0401. The van der Waals surface area contributed by atoms with E-state index in [0.717, 1.165) is 0 Å². The second-order valence-corrected chi connectivity index (χ2v) is 6.50. The average Bonchev–Trinajstić information content (AvgIpc) is 2.69. The summed E-state index contributed by atoms with van der Waals surface area (Å²) in [5.74, 6) is -0.786. The van der Waals surface area contributed by atoms with Crippen LogP contribution in [-0.4, -0.2) is 31.0 Å². The second kappa shape index (κ2) is 10.1. The van der Waals surface area contributed by atoms with E-state index in [1.54, 1.807) is 42.5 Å². The van der Waals surface area contributed by atoms with Crippen molar-refractivity contribution in [3.63, 3.8) is 0 Å². The predicted molar refractivity (Wildman–Crippen MR) is 111 cm³/mol. The molecule has 0 saturated carbocycles. The minimum Gasteiger partial charge on any atom is -0.489 e. The van der Waals surface area contributed by atoms with Crippen molar-refractivity contribution in [3.8, 4) is 5.75 Å². The van der Waals surface area contributed by atoms with Crippen molar-refractivity contribution in [1.29, 1.82) is 0 Å². The molecule has 2 rings (SSSR count). The van der Waals surface area contributed by atoms with Crippen molar-refractivity contribution < 1.29 is 23.9 Å². The molecule has 0 fully saturated rings. The van der Waals surface area contributed by atoms with Crippen LogP contribution >= 0.6 is 0 Å². The van der Waals surface area contributed by atoms with Crippen LogP contribution in [0.15, 0.2) is 60.2 Å². The first-order valence-corrected chi connectivity index (χ1v) is 9.05. The van der Waals surface area contributed by atoms with Gasteiger partial charge >= 0.3 is 5.97 Å². The van der Waals surface area contributed by atoms with Gasteiger partial charge in [0.15, 0.2) is 0 Å². The number of hydrogen-bond donors (Lipinski definition) is 2. The summed E-state index contributed by atoms with van der Waals surface area (Å²) in [7, 11) is 1.30. The Morgan fingerprint density at radius 3 is 2.24 bits per heavy atom. The predicted octanol–water partition coefficient (Wildman–Crippen LogP) is 3.78. The summed E-state index contributed by atoms with van der Waals surface area (Å²) in [5.41, 5.74) is 1.61. The largest absolute Gasteiger partial charge is 0.489 e. The van der Waals surface area contributed by atoms with Crippen LogP contribution in [-0.2, 0) is 14.3 Å². The summed E-state index contributed by atoms with van der Waals surface area (Å²) in [6, 6.07) is 13.3. The molecule has 7 nitrogen and oxygen atoms in total.